The van der Waals surface area contributed by atoms with E-state index >= 15 is 0 Å². The minimum absolute atomic E-state index is 0.00191. The Labute approximate surface area is 174 Å². The van der Waals surface area contributed by atoms with E-state index in [4.69, 9.17) is 14.7 Å². The summed E-state index contributed by atoms with van der Waals surface area (Å²) in [5, 5.41) is 12.0. The molecule has 3 amide bonds. The molecular formula is C21H25FN4O4. The van der Waals surface area contributed by atoms with Crippen LogP contribution in [0.4, 0.5) is 9.18 Å². The van der Waals surface area contributed by atoms with Crippen molar-refractivity contribution in [3.05, 3.63) is 29.6 Å². The molecule has 3 saturated heterocycles. The molecule has 1 N–H and O–H groups in total. The lowest BCUT2D eigenvalue weighted by molar-refractivity contribution is -0.139. The van der Waals surface area contributed by atoms with Crippen molar-refractivity contribution in [2.75, 3.05) is 39.4 Å². The van der Waals surface area contributed by atoms with Crippen LogP contribution in [0.2, 0.25) is 0 Å². The number of nitriles is 1. The number of piperidine rings is 2. The number of likely N-dealkylation sites (tertiary alicyclic amines) is 2. The van der Waals surface area contributed by atoms with E-state index in [1.165, 1.54) is 18.2 Å². The Kier molecular flexibility index (Phi) is 6.04. The van der Waals surface area contributed by atoms with Gasteiger partial charge in [0.05, 0.1) is 24.3 Å². The number of ether oxygens (including phenoxy) is 2. The molecule has 0 radical (unpaired) electrons. The highest BCUT2D eigenvalue weighted by atomic mass is 19.1. The highest BCUT2D eigenvalue weighted by Gasteiger charge is 2.38. The molecule has 3 heterocycles. The summed E-state index contributed by atoms with van der Waals surface area (Å²) in [5.41, 5.74) is 0.185. The largest absolute Gasteiger partial charge is 0.492 e. The Bertz CT molecular complexity index is 850. The summed E-state index contributed by atoms with van der Waals surface area (Å²) in [6.07, 6.45) is 2.31. The van der Waals surface area contributed by atoms with Crippen molar-refractivity contribution >= 4 is 11.9 Å². The number of hydrogen-bond acceptors (Lipinski definition) is 5. The Morgan fingerprint density at radius 1 is 1.27 bits per heavy atom. The topological polar surface area (TPSA) is 94.9 Å². The maximum Gasteiger partial charge on any atom is 0.320 e. The molecule has 0 bridgehead atoms. The fourth-order valence-corrected chi connectivity index (χ4v) is 4.29. The lowest BCUT2D eigenvalue weighted by Crippen LogP contribution is -2.62. The monoisotopic (exact) mass is 416 g/mol. The van der Waals surface area contributed by atoms with Crippen LogP contribution in [0.25, 0.3) is 0 Å². The normalized spacial score (nSPS) is 24.6. The third-order valence-electron chi connectivity index (χ3n) is 6.02. The maximum absolute atomic E-state index is 13.2. The van der Waals surface area contributed by atoms with Crippen LogP contribution in [0, 0.1) is 23.1 Å². The van der Waals surface area contributed by atoms with Gasteiger partial charge in [-0.25, -0.2) is 9.18 Å². The number of halogens is 1. The van der Waals surface area contributed by atoms with E-state index in [2.05, 4.69) is 5.32 Å². The van der Waals surface area contributed by atoms with Crippen molar-refractivity contribution in [3.8, 4) is 11.8 Å². The second-order valence-electron chi connectivity index (χ2n) is 8.03. The van der Waals surface area contributed by atoms with Gasteiger partial charge in [0.25, 0.3) is 0 Å². The molecule has 0 spiro atoms. The molecule has 160 valence electrons. The van der Waals surface area contributed by atoms with Gasteiger partial charge in [-0.15, -0.1) is 0 Å². The van der Waals surface area contributed by atoms with E-state index in [1.54, 1.807) is 4.90 Å². The minimum Gasteiger partial charge on any atom is -0.492 e. The molecule has 3 aliphatic rings. The molecule has 30 heavy (non-hydrogen) atoms. The molecule has 1 aromatic rings. The summed E-state index contributed by atoms with van der Waals surface area (Å²) in [7, 11) is 0. The highest BCUT2D eigenvalue weighted by molar-refractivity contribution is 5.79. The molecule has 4 rings (SSSR count). The maximum atomic E-state index is 13.2. The summed E-state index contributed by atoms with van der Waals surface area (Å²) in [4.78, 5) is 28.1. The standard InChI is InChI=1S/C21H25FN4O4/c22-16-1-2-18(15(9-16)10-23)29-12-14-3-6-25(7-4-14)21(28)26-8-5-19-17(11-26)24-20(27)13-30-19/h1-2,9,14,17,19H,3-8,11-13H2,(H,24,27)/t17-,19+/m1/s1. The van der Waals surface area contributed by atoms with Gasteiger partial charge in [0.1, 0.15) is 24.2 Å². The number of nitrogens with one attached hydrogen (secondary N) is 1. The smallest absolute Gasteiger partial charge is 0.320 e. The average Bonchev–Trinajstić information content (AvgIpc) is 2.77. The number of carbonyl (C=O) groups is 2. The van der Waals surface area contributed by atoms with Gasteiger partial charge in [0.2, 0.25) is 5.91 Å². The number of rotatable bonds is 3. The molecule has 0 aliphatic carbocycles. The van der Waals surface area contributed by atoms with Crippen molar-refractivity contribution in [1.29, 1.82) is 5.26 Å². The fraction of sp³-hybridized carbons (Fsp3) is 0.571. The van der Waals surface area contributed by atoms with Crippen LogP contribution in [-0.4, -0.2) is 73.3 Å². The van der Waals surface area contributed by atoms with E-state index < -0.39 is 5.82 Å². The van der Waals surface area contributed by atoms with Crippen molar-refractivity contribution in [2.24, 2.45) is 5.92 Å². The SMILES string of the molecule is N#Cc1cc(F)ccc1OCC1CCN(C(=O)N2CC[C@@H]3OCC(=O)N[C@@H]3C2)CC1. The summed E-state index contributed by atoms with van der Waals surface area (Å²) >= 11 is 0. The van der Waals surface area contributed by atoms with Crippen LogP contribution >= 0.6 is 0 Å². The second-order valence-corrected chi connectivity index (χ2v) is 8.03. The molecule has 0 unspecified atom stereocenters. The molecule has 2 atom stereocenters. The first-order valence-electron chi connectivity index (χ1n) is 10.3. The van der Waals surface area contributed by atoms with Gasteiger partial charge in [-0.3, -0.25) is 4.79 Å². The number of urea groups is 1. The van der Waals surface area contributed by atoms with Crippen LogP contribution in [0.3, 0.4) is 0 Å². The van der Waals surface area contributed by atoms with Gasteiger partial charge in [0.15, 0.2) is 0 Å². The van der Waals surface area contributed by atoms with Crippen molar-refractivity contribution in [2.45, 2.75) is 31.4 Å². The first-order chi connectivity index (χ1) is 14.5. The third kappa shape index (κ3) is 4.49. The first kappa shape index (κ1) is 20.4. The van der Waals surface area contributed by atoms with Crippen LogP contribution < -0.4 is 10.1 Å². The molecule has 1 aromatic carbocycles. The van der Waals surface area contributed by atoms with Crippen LogP contribution in [-0.2, 0) is 9.53 Å². The minimum atomic E-state index is -0.464. The van der Waals surface area contributed by atoms with Crippen molar-refractivity contribution < 1.29 is 23.5 Å². The summed E-state index contributed by atoms with van der Waals surface area (Å²) in [6, 6.07) is 5.73. The number of fused-ring (bicyclic) bond motifs is 1. The van der Waals surface area contributed by atoms with Gasteiger partial charge < -0.3 is 24.6 Å². The molecule has 0 saturated carbocycles. The second kappa shape index (κ2) is 8.88. The van der Waals surface area contributed by atoms with Gasteiger partial charge in [-0.2, -0.15) is 5.26 Å². The average molecular weight is 416 g/mol. The number of benzene rings is 1. The summed E-state index contributed by atoms with van der Waals surface area (Å²) < 4.78 is 24.5. The third-order valence-corrected chi connectivity index (χ3v) is 6.02. The zero-order valence-electron chi connectivity index (χ0n) is 16.7. The van der Waals surface area contributed by atoms with E-state index in [9.17, 15) is 14.0 Å². The zero-order chi connectivity index (χ0) is 21.1. The quantitative estimate of drug-likeness (QED) is 0.806. The number of morpholine rings is 1. The molecule has 0 aromatic heterocycles. The molecule has 9 heteroatoms. The lowest BCUT2D eigenvalue weighted by atomic mass is 9.97. The number of amides is 3. The fourth-order valence-electron chi connectivity index (χ4n) is 4.29. The van der Waals surface area contributed by atoms with Gasteiger partial charge in [-0.1, -0.05) is 0 Å². The number of nitrogens with zero attached hydrogens (tertiary/aromatic N) is 3. The van der Waals surface area contributed by atoms with Gasteiger partial charge >= 0.3 is 6.03 Å². The van der Waals surface area contributed by atoms with E-state index in [0.29, 0.717) is 38.5 Å². The Morgan fingerprint density at radius 2 is 2.03 bits per heavy atom. The Hall–Kier alpha value is -2.86. The number of hydrogen-bond donors (Lipinski definition) is 1. The summed E-state index contributed by atoms with van der Waals surface area (Å²) in [5.74, 6) is 0.0561. The van der Waals surface area contributed by atoms with E-state index in [-0.39, 0.29) is 42.2 Å². The van der Waals surface area contributed by atoms with E-state index in [0.717, 1.165) is 19.3 Å². The van der Waals surface area contributed by atoms with Crippen molar-refractivity contribution in [3.63, 3.8) is 0 Å². The molecule has 3 aliphatic heterocycles. The first-order valence-corrected chi connectivity index (χ1v) is 10.3. The van der Waals surface area contributed by atoms with Crippen LogP contribution in [0.15, 0.2) is 18.2 Å². The zero-order valence-corrected chi connectivity index (χ0v) is 16.7. The number of carbonyl (C=O) groups excluding carboxylic acids is 2. The van der Waals surface area contributed by atoms with Crippen LogP contribution in [0.1, 0.15) is 24.8 Å². The summed E-state index contributed by atoms with van der Waals surface area (Å²) in [6.45, 7) is 2.89. The van der Waals surface area contributed by atoms with Gasteiger partial charge in [0, 0.05) is 26.2 Å². The van der Waals surface area contributed by atoms with Crippen LogP contribution in [0.5, 0.6) is 5.75 Å². The van der Waals surface area contributed by atoms with Crippen molar-refractivity contribution in [1.82, 2.24) is 15.1 Å². The molecule has 8 nitrogen and oxygen atoms in total. The Morgan fingerprint density at radius 3 is 2.80 bits per heavy atom. The van der Waals surface area contributed by atoms with Gasteiger partial charge in [-0.05, 0) is 43.4 Å². The predicted molar refractivity (Wildman–Crippen MR) is 104 cm³/mol. The molecule has 3 fully saturated rings. The lowest BCUT2D eigenvalue weighted by Gasteiger charge is -2.43. The predicted octanol–water partition coefficient (Wildman–Crippen LogP) is 1.50. The highest BCUT2D eigenvalue weighted by Crippen LogP contribution is 2.24. The van der Waals surface area contributed by atoms with E-state index in [1.807, 2.05) is 11.0 Å². The Balaban J connectivity index is 1.25. The molecular weight excluding hydrogens is 391 g/mol.